The van der Waals surface area contributed by atoms with Gasteiger partial charge in [0.2, 0.25) is 0 Å². The van der Waals surface area contributed by atoms with Gasteiger partial charge in [-0.3, -0.25) is 0 Å². The molecule has 5 nitrogen and oxygen atoms in total. The lowest BCUT2D eigenvalue weighted by atomic mass is 10.1. The van der Waals surface area contributed by atoms with Crippen molar-refractivity contribution in [2.75, 3.05) is 21.3 Å². The topological polar surface area (TPSA) is 60.5 Å². The molecule has 1 heterocycles. The molecule has 0 amide bonds. The Labute approximate surface area is 121 Å². The minimum absolute atomic E-state index is 0.399. The van der Waals surface area contributed by atoms with Crippen molar-refractivity contribution in [3.8, 4) is 11.5 Å². The highest BCUT2D eigenvalue weighted by Crippen LogP contribution is 2.35. The van der Waals surface area contributed by atoms with Gasteiger partial charge in [0.1, 0.15) is 17.1 Å². The summed E-state index contributed by atoms with van der Waals surface area (Å²) in [6.45, 7) is 0. The van der Waals surface area contributed by atoms with Crippen molar-refractivity contribution < 1.29 is 19.0 Å². The summed E-state index contributed by atoms with van der Waals surface area (Å²) < 4.78 is 15.4. The van der Waals surface area contributed by atoms with Crippen LogP contribution in [0, 0.1) is 0 Å². The van der Waals surface area contributed by atoms with Gasteiger partial charge in [0.05, 0.1) is 32.4 Å². The highest BCUT2D eigenvalue weighted by atomic mass is 16.5. The van der Waals surface area contributed by atoms with E-state index in [-0.39, 0.29) is 0 Å². The summed E-state index contributed by atoms with van der Waals surface area (Å²) in [5.74, 6) is 0.799. The molecule has 0 fully saturated rings. The zero-order chi connectivity index (χ0) is 15.0. The summed E-state index contributed by atoms with van der Waals surface area (Å²) in [6.07, 6.45) is 0. The lowest BCUT2D eigenvalue weighted by molar-refractivity contribution is 0.0597. The number of benzene rings is 2. The number of methoxy groups -OCH3 is 3. The van der Waals surface area contributed by atoms with E-state index < -0.39 is 5.97 Å². The van der Waals surface area contributed by atoms with Crippen LogP contribution in [0.1, 0.15) is 10.4 Å². The molecule has 1 aromatic heterocycles. The highest BCUT2D eigenvalue weighted by Gasteiger charge is 2.17. The number of para-hydroxylation sites is 1. The zero-order valence-electron chi connectivity index (χ0n) is 12.0. The SMILES string of the molecule is COC(=O)c1cc2c(cc1OC)[nH]c1c(OC)cccc12. The summed E-state index contributed by atoms with van der Waals surface area (Å²) in [6, 6.07) is 9.34. The lowest BCUT2D eigenvalue weighted by Gasteiger charge is -2.06. The molecule has 0 radical (unpaired) electrons. The van der Waals surface area contributed by atoms with Gasteiger partial charge in [-0.25, -0.2) is 4.79 Å². The van der Waals surface area contributed by atoms with Crippen molar-refractivity contribution in [1.29, 1.82) is 0 Å². The highest BCUT2D eigenvalue weighted by molar-refractivity contribution is 6.12. The third-order valence-electron chi connectivity index (χ3n) is 3.54. The van der Waals surface area contributed by atoms with Crippen molar-refractivity contribution in [3.05, 3.63) is 35.9 Å². The van der Waals surface area contributed by atoms with Crippen molar-refractivity contribution in [2.45, 2.75) is 0 Å². The Balaban J connectivity index is 2.38. The zero-order valence-corrected chi connectivity index (χ0v) is 12.0. The Morgan fingerprint density at radius 1 is 1.00 bits per heavy atom. The lowest BCUT2D eigenvalue weighted by Crippen LogP contribution is -2.03. The van der Waals surface area contributed by atoms with Crippen LogP contribution in [0.3, 0.4) is 0 Å². The van der Waals surface area contributed by atoms with Crippen LogP contribution in [0.5, 0.6) is 11.5 Å². The molecule has 1 N–H and O–H groups in total. The predicted octanol–water partition coefficient (Wildman–Crippen LogP) is 3.12. The quantitative estimate of drug-likeness (QED) is 0.751. The first-order valence-electron chi connectivity index (χ1n) is 6.44. The number of ether oxygens (including phenoxy) is 3. The van der Waals surface area contributed by atoms with E-state index in [1.54, 1.807) is 19.2 Å². The third-order valence-corrected chi connectivity index (χ3v) is 3.54. The van der Waals surface area contributed by atoms with Gasteiger partial charge in [0.25, 0.3) is 0 Å². The summed E-state index contributed by atoms with van der Waals surface area (Å²) in [7, 11) is 4.50. The molecule has 0 unspecified atom stereocenters. The molecule has 21 heavy (non-hydrogen) atoms. The number of hydrogen-bond donors (Lipinski definition) is 1. The van der Waals surface area contributed by atoms with Gasteiger partial charge < -0.3 is 19.2 Å². The molecule has 0 atom stereocenters. The van der Waals surface area contributed by atoms with E-state index in [9.17, 15) is 4.79 Å². The number of H-pyrrole nitrogens is 1. The van der Waals surface area contributed by atoms with Crippen molar-refractivity contribution >= 4 is 27.8 Å². The second kappa shape index (κ2) is 5.01. The van der Waals surface area contributed by atoms with Gasteiger partial charge >= 0.3 is 5.97 Å². The van der Waals surface area contributed by atoms with Gasteiger partial charge in [0.15, 0.2) is 0 Å². The maximum absolute atomic E-state index is 11.9. The second-order valence-electron chi connectivity index (χ2n) is 4.60. The molecule has 2 aromatic carbocycles. The maximum Gasteiger partial charge on any atom is 0.341 e. The normalized spacial score (nSPS) is 10.8. The predicted molar refractivity (Wildman–Crippen MR) is 80.2 cm³/mol. The Bertz CT molecular complexity index is 835. The minimum Gasteiger partial charge on any atom is -0.496 e. The third kappa shape index (κ3) is 1.98. The van der Waals surface area contributed by atoms with E-state index in [1.807, 2.05) is 18.2 Å². The number of aromatic amines is 1. The Hall–Kier alpha value is -2.69. The molecule has 0 aliphatic heterocycles. The van der Waals surface area contributed by atoms with Crippen molar-refractivity contribution in [3.63, 3.8) is 0 Å². The standard InChI is InChI=1S/C16H15NO4/c1-19-13-6-4-5-9-10-7-11(16(18)21-3)14(20-2)8-12(10)17-15(9)13/h4-8,17H,1-3H3. The number of nitrogens with one attached hydrogen (secondary N) is 1. The van der Waals surface area contributed by atoms with Crippen molar-refractivity contribution in [2.24, 2.45) is 0 Å². The molecule has 3 aromatic rings. The summed E-state index contributed by atoms with van der Waals surface area (Å²) in [5.41, 5.74) is 2.16. The molecular weight excluding hydrogens is 270 g/mol. The molecule has 0 saturated carbocycles. The molecule has 0 bridgehead atoms. The van der Waals surface area contributed by atoms with Crippen LogP contribution in [0.4, 0.5) is 0 Å². The Kier molecular flexibility index (Phi) is 3.17. The van der Waals surface area contributed by atoms with Crippen LogP contribution in [-0.4, -0.2) is 32.3 Å². The fourth-order valence-electron chi connectivity index (χ4n) is 2.53. The van der Waals surface area contributed by atoms with E-state index in [0.29, 0.717) is 11.3 Å². The average molecular weight is 285 g/mol. The Morgan fingerprint density at radius 2 is 1.76 bits per heavy atom. The van der Waals surface area contributed by atoms with E-state index in [0.717, 1.165) is 27.6 Å². The second-order valence-corrected chi connectivity index (χ2v) is 4.60. The summed E-state index contributed by atoms with van der Waals surface area (Å²) in [5, 5.41) is 1.90. The van der Waals surface area contributed by atoms with Gasteiger partial charge in [0, 0.05) is 16.8 Å². The van der Waals surface area contributed by atoms with Crippen LogP contribution >= 0.6 is 0 Å². The number of carbonyl (C=O) groups excluding carboxylic acids is 1. The van der Waals surface area contributed by atoms with Crippen LogP contribution in [0.15, 0.2) is 30.3 Å². The van der Waals surface area contributed by atoms with E-state index in [2.05, 4.69) is 4.98 Å². The first-order valence-corrected chi connectivity index (χ1v) is 6.44. The van der Waals surface area contributed by atoms with Crippen LogP contribution < -0.4 is 9.47 Å². The van der Waals surface area contributed by atoms with Gasteiger partial charge in [-0.1, -0.05) is 12.1 Å². The van der Waals surface area contributed by atoms with Gasteiger partial charge in [-0.2, -0.15) is 0 Å². The molecule has 5 heteroatoms. The number of rotatable bonds is 3. The number of hydrogen-bond acceptors (Lipinski definition) is 4. The maximum atomic E-state index is 11.9. The monoisotopic (exact) mass is 285 g/mol. The number of carbonyl (C=O) groups is 1. The van der Waals surface area contributed by atoms with Crippen LogP contribution in [0.2, 0.25) is 0 Å². The first kappa shape index (κ1) is 13.3. The van der Waals surface area contributed by atoms with E-state index in [1.165, 1.54) is 14.2 Å². The minimum atomic E-state index is -0.425. The number of fused-ring (bicyclic) bond motifs is 3. The fourth-order valence-corrected chi connectivity index (χ4v) is 2.53. The molecule has 0 saturated heterocycles. The average Bonchev–Trinajstić information content (AvgIpc) is 2.90. The van der Waals surface area contributed by atoms with Gasteiger partial charge in [-0.05, 0) is 12.1 Å². The fraction of sp³-hybridized carbons (Fsp3) is 0.188. The van der Waals surface area contributed by atoms with E-state index in [4.69, 9.17) is 14.2 Å². The first-order chi connectivity index (χ1) is 10.2. The molecular formula is C16H15NO4. The molecule has 0 aliphatic carbocycles. The number of esters is 1. The van der Waals surface area contributed by atoms with Crippen LogP contribution in [-0.2, 0) is 4.74 Å². The summed E-state index contributed by atoms with van der Waals surface area (Å²) in [4.78, 5) is 15.2. The van der Waals surface area contributed by atoms with Crippen LogP contribution in [0.25, 0.3) is 21.8 Å². The molecule has 3 rings (SSSR count). The molecule has 0 aliphatic rings. The number of aromatic nitrogens is 1. The molecule has 108 valence electrons. The molecule has 0 spiro atoms. The van der Waals surface area contributed by atoms with Crippen molar-refractivity contribution in [1.82, 2.24) is 4.98 Å². The van der Waals surface area contributed by atoms with E-state index >= 15 is 0 Å². The Morgan fingerprint density at radius 3 is 2.43 bits per heavy atom. The largest absolute Gasteiger partial charge is 0.496 e. The summed E-state index contributed by atoms with van der Waals surface area (Å²) >= 11 is 0. The van der Waals surface area contributed by atoms with Gasteiger partial charge in [-0.15, -0.1) is 0 Å². The smallest absolute Gasteiger partial charge is 0.341 e.